The molecule has 3 rings (SSSR count). The second kappa shape index (κ2) is 8.91. The van der Waals surface area contributed by atoms with Crippen LogP contribution in [0.1, 0.15) is 16.2 Å². The van der Waals surface area contributed by atoms with Gasteiger partial charge in [0.2, 0.25) is 5.91 Å². The summed E-state index contributed by atoms with van der Waals surface area (Å²) in [6.07, 6.45) is 1.67. The molecule has 0 unspecified atom stereocenters. The summed E-state index contributed by atoms with van der Waals surface area (Å²) < 4.78 is 0. The predicted octanol–water partition coefficient (Wildman–Crippen LogP) is 2.67. The van der Waals surface area contributed by atoms with E-state index < -0.39 is 0 Å². The van der Waals surface area contributed by atoms with Crippen molar-refractivity contribution in [3.63, 3.8) is 0 Å². The van der Waals surface area contributed by atoms with Crippen LogP contribution in [0.4, 0.5) is 10.8 Å². The monoisotopic (exact) mass is 381 g/mol. The van der Waals surface area contributed by atoms with Crippen molar-refractivity contribution in [1.29, 1.82) is 0 Å². The first-order valence-electron chi connectivity index (χ1n) is 8.31. The summed E-state index contributed by atoms with van der Waals surface area (Å²) in [7, 11) is 1.58. The normalized spacial score (nSPS) is 10.3. The summed E-state index contributed by atoms with van der Waals surface area (Å²) in [5.41, 5.74) is 1.96. The molecule has 0 saturated heterocycles. The maximum absolute atomic E-state index is 12.5. The number of anilines is 2. The van der Waals surface area contributed by atoms with Crippen LogP contribution in [0.2, 0.25) is 0 Å². The number of hydrogen-bond donors (Lipinski definition) is 2. The Morgan fingerprint density at radius 2 is 1.89 bits per heavy atom. The number of nitrogens with zero attached hydrogens (tertiary/aromatic N) is 3. The van der Waals surface area contributed by atoms with E-state index in [1.54, 1.807) is 18.6 Å². The number of thiazole rings is 1. The molecule has 0 bridgehead atoms. The molecule has 2 amide bonds. The number of amides is 2. The Bertz CT molecular complexity index is 899. The van der Waals surface area contributed by atoms with E-state index in [2.05, 4.69) is 20.6 Å². The van der Waals surface area contributed by atoms with Crippen LogP contribution in [0.25, 0.3) is 0 Å². The molecular formula is C19H19N5O2S. The summed E-state index contributed by atoms with van der Waals surface area (Å²) in [4.78, 5) is 34.3. The lowest BCUT2D eigenvalue weighted by molar-refractivity contribution is -0.121. The summed E-state index contributed by atoms with van der Waals surface area (Å²) in [6.45, 7) is 0.272. The van der Waals surface area contributed by atoms with Gasteiger partial charge in [0.25, 0.3) is 5.91 Å². The van der Waals surface area contributed by atoms with Gasteiger partial charge < -0.3 is 15.5 Å². The van der Waals surface area contributed by atoms with Crippen molar-refractivity contribution in [3.05, 3.63) is 71.5 Å². The van der Waals surface area contributed by atoms with Gasteiger partial charge in [-0.3, -0.25) is 14.6 Å². The van der Waals surface area contributed by atoms with Gasteiger partial charge in [0, 0.05) is 24.3 Å². The van der Waals surface area contributed by atoms with Gasteiger partial charge in [-0.25, -0.2) is 4.98 Å². The minimum absolute atomic E-state index is 0.0510. The van der Waals surface area contributed by atoms with Gasteiger partial charge in [0.1, 0.15) is 5.69 Å². The number of pyridine rings is 1. The van der Waals surface area contributed by atoms with Crippen molar-refractivity contribution in [2.75, 3.05) is 18.9 Å². The molecule has 0 aliphatic rings. The van der Waals surface area contributed by atoms with Gasteiger partial charge in [0.15, 0.2) is 5.13 Å². The lowest BCUT2D eigenvalue weighted by Crippen LogP contribution is -2.38. The van der Waals surface area contributed by atoms with E-state index in [4.69, 9.17) is 0 Å². The minimum atomic E-state index is -0.305. The van der Waals surface area contributed by atoms with Crippen LogP contribution in [0.15, 0.2) is 60.1 Å². The maximum atomic E-state index is 12.5. The Morgan fingerprint density at radius 3 is 2.63 bits per heavy atom. The van der Waals surface area contributed by atoms with Crippen LogP contribution in [0, 0.1) is 0 Å². The van der Waals surface area contributed by atoms with E-state index in [9.17, 15) is 9.59 Å². The standard InChI is InChI=1S/C19H19N5O2S/c1-24(12-17(25)21-11-15-9-5-6-10-20-15)18(26)16-13-27-19(23-16)22-14-7-3-2-4-8-14/h2-10,13H,11-12H2,1H3,(H,21,25)(H,22,23). The molecule has 2 heterocycles. The second-order valence-electron chi connectivity index (χ2n) is 5.79. The highest BCUT2D eigenvalue weighted by molar-refractivity contribution is 7.14. The zero-order valence-corrected chi connectivity index (χ0v) is 15.6. The number of aromatic nitrogens is 2. The highest BCUT2D eigenvalue weighted by Crippen LogP contribution is 2.21. The number of benzene rings is 1. The number of likely N-dealkylation sites (N-methyl/N-ethyl adjacent to an activating group) is 1. The molecule has 27 heavy (non-hydrogen) atoms. The molecule has 0 aliphatic carbocycles. The van der Waals surface area contributed by atoms with Gasteiger partial charge >= 0.3 is 0 Å². The molecule has 2 N–H and O–H groups in total. The first kappa shape index (κ1) is 18.5. The smallest absolute Gasteiger partial charge is 0.273 e. The molecule has 0 spiro atoms. The summed E-state index contributed by atoms with van der Waals surface area (Å²) in [6, 6.07) is 15.1. The summed E-state index contributed by atoms with van der Waals surface area (Å²) in [5.74, 6) is -0.560. The Hall–Kier alpha value is -3.26. The van der Waals surface area contributed by atoms with Gasteiger partial charge in [-0.05, 0) is 24.3 Å². The van der Waals surface area contributed by atoms with Crippen molar-refractivity contribution in [2.45, 2.75) is 6.54 Å². The average Bonchev–Trinajstić information content (AvgIpc) is 3.15. The number of carbonyl (C=O) groups is 2. The predicted molar refractivity (Wildman–Crippen MR) is 105 cm³/mol. The van der Waals surface area contributed by atoms with Crippen molar-refractivity contribution in [1.82, 2.24) is 20.2 Å². The van der Waals surface area contributed by atoms with E-state index in [0.29, 0.717) is 17.4 Å². The fraction of sp³-hybridized carbons (Fsp3) is 0.158. The Kier molecular flexibility index (Phi) is 6.11. The molecular weight excluding hydrogens is 362 g/mol. The number of hydrogen-bond acceptors (Lipinski definition) is 6. The van der Waals surface area contributed by atoms with Gasteiger partial charge in [-0.15, -0.1) is 11.3 Å². The lowest BCUT2D eigenvalue weighted by atomic mass is 10.3. The fourth-order valence-electron chi connectivity index (χ4n) is 2.30. The molecule has 8 heteroatoms. The fourth-order valence-corrected chi connectivity index (χ4v) is 3.01. The van der Waals surface area contributed by atoms with E-state index in [1.807, 2.05) is 48.5 Å². The molecule has 138 valence electrons. The molecule has 7 nitrogen and oxygen atoms in total. The Balaban J connectivity index is 1.52. The maximum Gasteiger partial charge on any atom is 0.273 e. The van der Waals surface area contributed by atoms with Crippen LogP contribution in [0.3, 0.4) is 0 Å². The van der Waals surface area contributed by atoms with E-state index in [-0.39, 0.29) is 18.4 Å². The van der Waals surface area contributed by atoms with E-state index >= 15 is 0 Å². The van der Waals surface area contributed by atoms with Gasteiger partial charge in [-0.2, -0.15) is 0 Å². The third-order valence-corrected chi connectivity index (χ3v) is 4.43. The van der Waals surface area contributed by atoms with Gasteiger partial charge in [-0.1, -0.05) is 24.3 Å². The molecule has 0 fully saturated rings. The third-order valence-electron chi connectivity index (χ3n) is 3.67. The molecule has 0 saturated carbocycles. The van der Waals surface area contributed by atoms with E-state index in [0.717, 1.165) is 11.4 Å². The Labute approximate surface area is 161 Å². The van der Waals surface area contributed by atoms with E-state index in [1.165, 1.54) is 16.2 Å². The quantitative estimate of drug-likeness (QED) is 0.657. The molecule has 0 atom stereocenters. The average molecular weight is 381 g/mol. The molecule has 1 aromatic carbocycles. The van der Waals surface area contributed by atoms with Crippen LogP contribution >= 0.6 is 11.3 Å². The van der Waals surface area contributed by atoms with Crippen LogP contribution in [0.5, 0.6) is 0 Å². The number of nitrogens with one attached hydrogen (secondary N) is 2. The zero-order chi connectivity index (χ0) is 19.1. The van der Waals surface area contributed by atoms with Crippen LogP contribution in [-0.4, -0.2) is 40.3 Å². The Morgan fingerprint density at radius 1 is 1.11 bits per heavy atom. The highest BCUT2D eigenvalue weighted by atomic mass is 32.1. The number of para-hydroxylation sites is 1. The van der Waals surface area contributed by atoms with Crippen molar-refractivity contribution in [3.8, 4) is 0 Å². The highest BCUT2D eigenvalue weighted by Gasteiger charge is 2.18. The molecule has 0 aliphatic heterocycles. The first-order chi connectivity index (χ1) is 13.1. The first-order valence-corrected chi connectivity index (χ1v) is 9.19. The van der Waals surface area contributed by atoms with Crippen LogP contribution in [-0.2, 0) is 11.3 Å². The second-order valence-corrected chi connectivity index (χ2v) is 6.65. The molecule has 2 aromatic heterocycles. The third kappa shape index (κ3) is 5.35. The molecule has 3 aromatic rings. The number of rotatable bonds is 7. The van der Waals surface area contributed by atoms with Crippen molar-refractivity contribution < 1.29 is 9.59 Å². The van der Waals surface area contributed by atoms with Crippen molar-refractivity contribution >= 4 is 34.0 Å². The summed E-state index contributed by atoms with van der Waals surface area (Å²) >= 11 is 1.34. The van der Waals surface area contributed by atoms with Crippen LogP contribution < -0.4 is 10.6 Å². The SMILES string of the molecule is CN(CC(=O)NCc1ccccn1)C(=O)c1csc(Nc2ccccc2)n1. The minimum Gasteiger partial charge on any atom is -0.349 e. The zero-order valence-electron chi connectivity index (χ0n) is 14.8. The van der Waals surface area contributed by atoms with Gasteiger partial charge in [0.05, 0.1) is 18.8 Å². The topological polar surface area (TPSA) is 87.2 Å². The molecule has 0 radical (unpaired) electrons. The number of carbonyl (C=O) groups excluding carboxylic acids is 2. The van der Waals surface area contributed by atoms with Crippen molar-refractivity contribution in [2.24, 2.45) is 0 Å². The lowest BCUT2D eigenvalue weighted by Gasteiger charge is -2.15. The largest absolute Gasteiger partial charge is 0.349 e. The summed E-state index contributed by atoms with van der Waals surface area (Å²) in [5, 5.41) is 8.20.